The third-order valence-electron chi connectivity index (χ3n) is 7.01. The number of thiazole rings is 1. The molecule has 0 unspecified atom stereocenters. The molecule has 0 bridgehead atoms. The average molecular weight is 483 g/mol. The molecule has 0 aliphatic carbocycles. The van der Waals surface area contributed by atoms with Gasteiger partial charge in [-0.3, -0.25) is 0 Å². The molecule has 2 aromatic carbocycles. The van der Waals surface area contributed by atoms with E-state index in [1.54, 1.807) is 11.3 Å². The normalized spacial score (nSPS) is 15.2. The summed E-state index contributed by atoms with van der Waals surface area (Å²) in [6, 6.07) is 10.8. The van der Waals surface area contributed by atoms with Crippen molar-refractivity contribution in [3.63, 3.8) is 0 Å². The summed E-state index contributed by atoms with van der Waals surface area (Å²) in [4.78, 5) is 7.67. The first-order valence-corrected chi connectivity index (χ1v) is 14.3. The van der Waals surface area contributed by atoms with Crippen molar-refractivity contribution in [3.8, 4) is 11.3 Å². The van der Waals surface area contributed by atoms with Crippen molar-refractivity contribution in [3.05, 3.63) is 63.5 Å². The molecule has 4 nitrogen and oxygen atoms in total. The van der Waals surface area contributed by atoms with E-state index >= 15 is 0 Å². The molecule has 1 aliphatic rings. The Kier molecular flexibility index (Phi) is 6.96. The number of aryl methyl sites for hydroxylation is 3. The Hall–Kier alpha value is -2.18. The predicted octanol–water partition coefficient (Wildman–Crippen LogP) is 6.44. The minimum absolute atomic E-state index is 0.335. The lowest BCUT2D eigenvalue weighted by molar-refractivity contribution is 0.528. The van der Waals surface area contributed by atoms with Crippen molar-refractivity contribution in [2.45, 2.75) is 70.4 Å². The van der Waals surface area contributed by atoms with Gasteiger partial charge in [0.05, 0.1) is 15.8 Å². The molecular formula is C27H34N2O2S2. The molecule has 0 radical (unpaired) electrons. The Balaban J connectivity index is 1.48. The number of benzene rings is 2. The van der Waals surface area contributed by atoms with Gasteiger partial charge < -0.3 is 4.90 Å². The summed E-state index contributed by atoms with van der Waals surface area (Å²) >= 11 is 1.64. The molecule has 1 aromatic heterocycles. The van der Waals surface area contributed by atoms with Gasteiger partial charge >= 0.3 is 0 Å². The SMILES string of the molecule is CCCc1ccc(-c2csc(N3CCC(S(=O)(=O)c4c(C)c(C)cc(C)c4C)CC3)n2)cc1. The van der Waals surface area contributed by atoms with Crippen molar-refractivity contribution in [1.29, 1.82) is 0 Å². The first kappa shape index (κ1) is 24.0. The molecule has 3 aromatic rings. The van der Waals surface area contributed by atoms with Gasteiger partial charge in [0.15, 0.2) is 15.0 Å². The third kappa shape index (κ3) is 4.73. The fourth-order valence-corrected chi connectivity index (χ4v) is 8.03. The highest BCUT2D eigenvalue weighted by Crippen LogP contribution is 2.35. The Bertz CT molecular complexity index is 1210. The van der Waals surface area contributed by atoms with E-state index in [2.05, 4.69) is 47.5 Å². The van der Waals surface area contributed by atoms with Crippen molar-refractivity contribution in [1.82, 2.24) is 4.98 Å². The maximum atomic E-state index is 13.6. The van der Waals surface area contributed by atoms with E-state index in [0.29, 0.717) is 17.7 Å². The second-order valence-electron chi connectivity index (χ2n) is 9.28. The van der Waals surface area contributed by atoms with Crippen LogP contribution < -0.4 is 4.90 Å². The van der Waals surface area contributed by atoms with Gasteiger partial charge in [-0.15, -0.1) is 11.3 Å². The molecule has 0 saturated carbocycles. The number of hydrogen-bond acceptors (Lipinski definition) is 5. The fourth-order valence-electron chi connectivity index (χ4n) is 4.80. The van der Waals surface area contributed by atoms with E-state index in [1.165, 1.54) is 5.56 Å². The molecule has 6 heteroatoms. The summed E-state index contributed by atoms with van der Waals surface area (Å²) in [5, 5.41) is 2.75. The van der Waals surface area contributed by atoms with Crippen LogP contribution in [0.4, 0.5) is 5.13 Å². The summed E-state index contributed by atoms with van der Waals surface area (Å²) in [6.45, 7) is 11.5. The minimum Gasteiger partial charge on any atom is -0.348 e. The van der Waals surface area contributed by atoms with Gasteiger partial charge in [0.2, 0.25) is 0 Å². The molecule has 2 heterocycles. The molecule has 0 spiro atoms. The van der Waals surface area contributed by atoms with Gasteiger partial charge in [0.25, 0.3) is 0 Å². The Morgan fingerprint density at radius 3 is 2.18 bits per heavy atom. The summed E-state index contributed by atoms with van der Waals surface area (Å²) in [7, 11) is -3.36. The summed E-state index contributed by atoms with van der Waals surface area (Å²) < 4.78 is 27.2. The Morgan fingerprint density at radius 1 is 1.00 bits per heavy atom. The molecule has 4 rings (SSSR count). The predicted molar refractivity (Wildman–Crippen MR) is 139 cm³/mol. The van der Waals surface area contributed by atoms with Gasteiger partial charge in [-0.05, 0) is 74.8 Å². The second-order valence-corrected chi connectivity index (χ2v) is 12.3. The van der Waals surface area contributed by atoms with Gasteiger partial charge in [-0.2, -0.15) is 0 Å². The van der Waals surface area contributed by atoms with Gasteiger partial charge in [0, 0.05) is 24.0 Å². The molecule has 0 amide bonds. The van der Waals surface area contributed by atoms with E-state index in [-0.39, 0.29) is 5.25 Å². The zero-order chi connectivity index (χ0) is 23.8. The van der Waals surface area contributed by atoms with Crippen LogP contribution in [-0.4, -0.2) is 31.7 Å². The Labute approximate surface area is 202 Å². The van der Waals surface area contributed by atoms with Gasteiger partial charge in [-0.1, -0.05) is 43.7 Å². The summed E-state index contributed by atoms with van der Waals surface area (Å²) in [6.07, 6.45) is 3.51. The first-order chi connectivity index (χ1) is 15.7. The smallest absolute Gasteiger partial charge is 0.185 e. The highest BCUT2D eigenvalue weighted by molar-refractivity contribution is 7.92. The lowest BCUT2D eigenvalue weighted by Crippen LogP contribution is -2.39. The maximum Gasteiger partial charge on any atom is 0.185 e. The van der Waals surface area contributed by atoms with Crippen molar-refractivity contribution in [2.24, 2.45) is 0 Å². The van der Waals surface area contributed by atoms with Crippen LogP contribution in [0.15, 0.2) is 40.6 Å². The topological polar surface area (TPSA) is 50.3 Å². The van der Waals surface area contributed by atoms with Crippen molar-refractivity contribution in [2.75, 3.05) is 18.0 Å². The molecule has 0 atom stereocenters. The average Bonchev–Trinajstić information content (AvgIpc) is 3.29. The van der Waals surface area contributed by atoms with Gasteiger partial charge in [0.1, 0.15) is 0 Å². The second kappa shape index (κ2) is 9.59. The number of aromatic nitrogens is 1. The third-order valence-corrected chi connectivity index (χ3v) is 10.4. The highest BCUT2D eigenvalue weighted by Gasteiger charge is 2.34. The van der Waals surface area contributed by atoms with Gasteiger partial charge in [-0.25, -0.2) is 13.4 Å². The van der Waals surface area contributed by atoms with E-state index < -0.39 is 9.84 Å². The lowest BCUT2D eigenvalue weighted by atomic mass is 10.0. The molecular weight excluding hydrogens is 448 g/mol. The number of hydrogen-bond donors (Lipinski definition) is 0. The van der Waals surface area contributed by atoms with Crippen molar-refractivity contribution < 1.29 is 8.42 Å². The molecule has 1 saturated heterocycles. The highest BCUT2D eigenvalue weighted by atomic mass is 32.2. The zero-order valence-corrected chi connectivity index (χ0v) is 21.9. The van der Waals surface area contributed by atoms with Crippen LogP contribution >= 0.6 is 11.3 Å². The number of nitrogens with zero attached hydrogens (tertiary/aromatic N) is 2. The van der Waals surface area contributed by atoms with Crippen LogP contribution in [0.5, 0.6) is 0 Å². The fraction of sp³-hybridized carbons (Fsp3) is 0.444. The van der Waals surface area contributed by atoms with E-state index in [1.807, 2.05) is 27.7 Å². The number of anilines is 1. The van der Waals surface area contributed by atoms with Crippen LogP contribution in [0.1, 0.15) is 54.0 Å². The summed E-state index contributed by atoms with van der Waals surface area (Å²) in [5.41, 5.74) is 7.38. The van der Waals surface area contributed by atoms with Crippen LogP contribution in [0.2, 0.25) is 0 Å². The minimum atomic E-state index is -3.36. The standard InChI is InChI=1S/C27H34N2O2S2/c1-6-7-22-8-10-23(11-9-22)25-17-32-27(28-25)29-14-12-24(13-15-29)33(30,31)26-20(4)18(2)16-19(3)21(26)5/h8-11,16-17,24H,6-7,12-15H2,1-5H3. The zero-order valence-electron chi connectivity index (χ0n) is 20.3. The van der Waals surface area contributed by atoms with Crippen LogP contribution in [0, 0.1) is 27.7 Å². The maximum absolute atomic E-state index is 13.6. The molecule has 1 fully saturated rings. The molecule has 33 heavy (non-hydrogen) atoms. The van der Waals surface area contributed by atoms with E-state index in [0.717, 1.165) is 64.6 Å². The number of sulfone groups is 1. The quantitative estimate of drug-likeness (QED) is 0.406. The van der Waals surface area contributed by atoms with Crippen molar-refractivity contribution >= 4 is 26.3 Å². The van der Waals surface area contributed by atoms with Crippen LogP contribution in [0.3, 0.4) is 0 Å². The van der Waals surface area contributed by atoms with Crippen LogP contribution in [-0.2, 0) is 16.3 Å². The monoisotopic (exact) mass is 482 g/mol. The first-order valence-electron chi connectivity index (χ1n) is 11.8. The Morgan fingerprint density at radius 2 is 1.61 bits per heavy atom. The van der Waals surface area contributed by atoms with E-state index in [4.69, 9.17) is 4.98 Å². The van der Waals surface area contributed by atoms with Crippen LogP contribution in [0.25, 0.3) is 11.3 Å². The molecule has 0 N–H and O–H groups in total. The molecule has 176 valence electrons. The number of piperidine rings is 1. The van der Waals surface area contributed by atoms with E-state index in [9.17, 15) is 8.42 Å². The molecule has 1 aliphatic heterocycles. The number of rotatable bonds is 6. The lowest BCUT2D eigenvalue weighted by Gasteiger charge is -2.32. The summed E-state index contributed by atoms with van der Waals surface area (Å²) in [5.74, 6) is 0. The largest absolute Gasteiger partial charge is 0.348 e.